The average molecular weight is 229 g/mol. The summed E-state index contributed by atoms with van der Waals surface area (Å²) in [6.07, 6.45) is 4.35. The Balaban J connectivity index is 1.89. The normalized spacial score (nSPS) is 22.2. The van der Waals surface area contributed by atoms with Crippen LogP contribution in [0.15, 0.2) is 6.07 Å². The van der Waals surface area contributed by atoms with Crippen molar-refractivity contribution in [2.24, 2.45) is 0 Å². The van der Waals surface area contributed by atoms with Crippen LogP contribution in [-0.4, -0.2) is 24.2 Å². The van der Waals surface area contributed by atoms with Gasteiger partial charge in [0.05, 0.1) is 0 Å². The number of hydrogen-bond acceptors (Lipinski definition) is 4. The number of fused-ring (bicyclic) bond motifs is 1. The molecule has 4 nitrogen and oxygen atoms in total. The molecule has 1 aromatic rings. The van der Waals surface area contributed by atoms with E-state index in [4.69, 9.17) is 10.00 Å². The van der Waals surface area contributed by atoms with Gasteiger partial charge in [0.2, 0.25) is 5.88 Å². The van der Waals surface area contributed by atoms with Crippen molar-refractivity contribution in [1.82, 2.24) is 10.3 Å². The molecule has 4 heteroatoms. The van der Waals surface area contributed by atoms with Gasteiger partial charge in [0, 0.05) is 12.2 Å². The molecule has 1 atom stereocenters. The van der Waals surface area contributed by atoms with Crippen LogP contribution in [-0.2, 0) is 12.8 Å². The molecule has 17 heavy (non-hydrogen) atoms. The van der Waals surface area contributed by atoms with Crippen molar-refractivity contribution in [1.29, 1.82) is 5.26 Å². The molecule has 1 aliphatic heterocycles. The van der Waals surface area contributed by atoms with Crippen molar-refractivity contribution in [3.05, 3.63) is 22.9 Å². The molecule has 0 bridgehead atoms. The topological polar surface area (TPSA) is 57.9 Å². The predicted octanol–water partition coefficient (Wildman–Crippen LogP) is 1.18. The molecule has 0 spiro atoms. The molecule has 1 aliphatic carbocycles. The molecule has 0 saturated carbocycles. The van der Waals surface area contributed by atoms with Crippen LogP contribution in [0, 0.1) is 11.3 Å². The summed E-state index contributed by atoms with van der Waals surface area (Å²) in [6.45, 7) is 1.83. The number of nitrogens with one attached hydrogen (secondary N) is 1. The van der Waals surface area contributed by atoms with Gasteiger partial charge in [-0.05, 0) is 43.9 Å². The van der Waals surface area contributed by atoms with Crippen molar-refractivity contribution in [2.75, 3.05) is 13.1 Å². The van der Waals surface area contributed by atoms with Crippen LogP contribution < -0.4 is 10.1 Å². The third kappa shape index (κ3) is 1.98. The second-order valence-corrected chi connectivity index (χ2v) is 4.64. The Morgan fingerprint density at radius 2 is 2.41 bits per heavy atom. The third-order valence-electron chi connectivity index (χ3n) is 3.43. The number of aromatic nitrogens is 1. The summed E-state index contributed by atoms with van der Waals surface area (Å²) in [6, 6.07) is 4.14. The highest BCUT2D eigenvalue weighted by atomic mass is 16.5. The van der Waals surface area contributed by atoms with Crippen LogP contribution >= 0.6 is 0 Å². The highest BCUT2D eigenvalue weighted by molar-refractivity contribution is 5.44. The van der Waals surface area contributed by atoms with E-state index in [1.807, 2.05) is 6.07 Å². The molecule has 2 aliphatic rings. The lowest BCUT2D eigenvalue weighted by molar-refractivity contribution is 0.213. The number of aryl methyl sites for hydroxylation is 2. The van der Waals surface area contributed by atoms with Crippen LogP contribution in [0.4, 0.5) is 0 Å². The fourth-order valence-electron chi connectivity index (χ4n) is 2.51. The van der Waals surface area contributed by atoms with E-state index in [0.717, 1.165) is 44.5 Å². The van der Waals surface area contributed by atoms with Crippen molar-refractivity contribution in [3.63, 3.8) is 0 Å². The standard InChI is InChI=1S/C13H15N3O/c14-7-10-6-9-2-1-3-12(9)16-13(10)17-11-4-5-15-8-11/h6,11,15H,1-5,8H2. The van der Waals surface area contributed by atoms with E-state index in [-0.39, 0.29) is 6.10 Å². The van der Waals surface area contributed by atoms with Crippen LogP contribution in [0.1, 0.15) is 29.7 Å². The summed E-state index contributed by atoms with van der Waals surface area (Å²) in [5.41, 5.74) is 2.92. The number of pyridine rings is 1. The summed E-state index contributed by atoms with van der Waals surface area (Å²) < 4.78 is 5.83. The molecule has 1 N–H and O–H groups in total. The molecular formula is C13H15N3O. The van der Waals surface area contributed by atoms with Gasteiger partial charge in [-0.25, -0.2) is 4.98 Å². The number of nitrogens with zero attached hydrogens (tertiary/aromatic N) is 2. The second-order valence-electron chi connectivity index (χ2n) is 4.64. The molecule has 1 saturated heterocycles. The Kier molecular flexibility index (Phi) is 2.69. The Bertz CT molecular complexity index is 472. The maximum atomic E-state index is 9.14. The molecule has 2 heterocycles. The van der Waals surface area contributed by atoms with Crippen molar-refractivity contribution in [3.8, 4) is 11.9 Å². The SMILES string of the molecule is N#Cc1cc2c(nc1OC1CCNC1)CCC2. The predicted molar refractivity (Wildman–Crippen MR) is 62.9 cm³/mol. The zero-order valence-electron chi connectivity index (χ0n) is 9.70. The number of ether oxygens (including phenoxy) is 1. The smallest absolute Gasteiger partial charge is 0.232 e. The van der Waals surface area contributed by atoms with Gasteiger partial charge in [-0.3, -0.25) is 0 Å². The minimum atomic E-state index is 0.161. The van der Waals surface area contributed by atoms with E-state index in [9.17, 15) is 0 Å². The molecule has 0 amide bonds. The minimum absolute atomic E-state index is 0.161. The van der Waals surface area contributed by atoms with Crippen LogP contribution in [0.25, 0.3) is 0 Å². The summed E-state index contributed by atoms with van der Waals surface area (Å²) >= 11 is 0. The molecule has 0 radical (unpaired) electrons. The minimum Gasteiger partial charge on any atom is -0.472 e. The Labute approximate surface area is 101 Å². The van der Waals surface area contributed by atoms with Gasteiger partial charge >= 0.3 is 0 Å². The second kappa shape index (κ2) is 4.34. The Morgan fingerprint density at radius 1 is 1.47 bits per heavy atom. The van der Waals surface area contributed by atoms with E-state index in [2.05, 4.69) is 16.4 Å². The highest BCUT2D eigenvalue weighted by Crippen LogP contribution is 2.27. The first-order valence-corrected chi connectivity index (χ1v) is 6.17. The zero-order valence-corrected chi connectivity index (χ0v) is 9.70. The molecule has 0 aromatic carbocycles. The van der Waals surface area contributed by atoms with Gasteiger partial charge in [-0.15, -0.1) is 0 Å². The fourth-order valence-corrected chi connectivity index (χ4v) is 2.51. The van der Waals surface area contributed by atoms with Crippen molar-refractivity contribution in [2.45, 2.75) is 31.8 Å². The average Bonchev–Trinajstić information content (AvgIpc) is 2.98. The third-order valence-corrected chi connectivity index (χ3v) is 3.43. The first kappa shape index (κ1) is 10.5. The van der Waals surface area contributed by atoms with E-state index in [1.165, 1.54) is 5.56 Å². The summed E-state index contributed by atoms with van der Waals surface area (Å²) in [5, 5.41) is 12.4. The van der Waals surface area contributed by atoms with Crippen LogP contribution in [0.5, 0.6) is 5.88 Å². The largest absolute Gasteiger partial charge is 0.472 e. The van der Waals surface area contributed by atoms with Gasteiger partial charge < -0.3 is 10.1 Å². The first-order valence-electron chi connectivity index (χ1n) is 6.17. The molecule has 1 aromatic heterocycles. The quantitative estimate of drug-likeness (QED) is 0.827. The maximum absolute atomic E-state index is 9.14. The lowest BCUT2D eigenvalue weighted by Crippen LogP contribution is -2.20. The lowest BCUT2D eigenvalue weighted by Gasteiger charge is -2.13. The fraction of sp³-hybridized carbons (Fsp3) is 0.538. The lowest BCUT2D eigenvalue weighted by atomic mass is 10.1. The van der Waals surface area contributed by atoms with Gasteiger partial charge in [0.1, 0.15) is 17.7 Å². The highest BCUT2D eigenvalue weighted by Gasteiger charge is 2.21. The number of hydrogen-bond donors (Lipinski definition) is 1. The van der Waals surface area contributed by atoms with Gasteiger partial charge in [0.25, 0.3) is 0 Å². The van der Waals surface area contributed by atoms with Crippen molar-refractivity contribution < 1.29 is 4.74 Å². The summed E-state index contributed by atoms with van der Waals surface area (Å²) in [4.78, 5) is 4.52. The monoisotopic (exact) mass is 229 g/mol. The van der Waals surface area contributed by atoms with E-state index >= 15 is 0 Å². The van der Waals surface area contributed by atoms with Crippen molar-refractivity contribution >= 4 is 0 Å². The van der Waals surface area contributed by atoms with E-state index in [0.29, 0.717) is 11.4 Å². The number of nitriles is 1. The zero-order chi connectivity index (χ0) is 11.7. The van der Waals surface area contributed by atoms with Gasteiger partial charge in [0.15, 0.2) is 0 Å². The van der Waals surface area contributed by atoms with E-state index < -0.39 is 0 Å². The summed E-state index contributed by atoms with van der Waals surface area (Å²) in [7, 11) is 0. The molecule has 88 valence electrons. The molecule has 1 fully saturated rings. The van der Waals surface area contributed by atoms with Crippen LogP contribution in [0.3, 0.4) is 0 Å². The van der Waals surface area contributed by atoms with E-state index in [1.54, 1.807) is 0 Å². The molecular weight excluding hydrogens is 214 g/mol. The Hall–Kier alpha value is -1.60. The summed E-state index contributed by atoms with van der Waals surface area (Å²) in [5.74, 6) is 0.529. The van der Waals surface area contributed by atoms with Gasteiger partial charge in [-0.1, -0.05) is 0 Å². The molecule has 3 rings (SSSR count). The first-order chi connectivity index (χ1) is 8.36. The van der Waals surface area contributed by atoms with Gasteiger partial charge in [-0.2, -0.15) is 5.26 Å². The Morgan fingerprint density at radius 3 is 3.18 bits per heavy atom. The molecule has 1 unspecified atom stereocenters. The number of rotatable bonds is 2. The maximum Gasteiger partial charge on any atom is 0.232 e. The van der Waals surface area contributed by atoms with Crippen LogP contribution in [0.2, 0.25) is 0 Å².